The number of carbonyl (C=O) groups excluding carboxylic acids is 1. The predicted octanol–water partition coefficient (Wildman–Crippen LogP) is 4.85. The monoisotopic (exact) mass is 465 g/mol. The number of anilines is 2. The summed E-state index contributed by atoms with van der Waals surface area (Å²) >= 11 is 3.26. The maximum Gasteiger partial charge on any atom is 0.341 e. The molecule has 1 aromatic heterocycles. The van der Waals surface area contributed by atoms with Crippen LogP contribution in [0.5, 0.6) is 17.4 Å². The van der Waals surface area contributed by atoms with E-state index in [1.54, 1.807) is 24.3 Å². The molecule has 1 heterocycles. The predicted molar refractivity (Wildman–Crippen MR) is 104 cm³/mol. The molecule has 3 aromatic rings. The molecule has 0 atom stereocenters. The zero-order valence-corrected chi connectivity index (χ0v) is 16.8. The van der Waals surface area contributed by atoms with Crippen molar-refractivity contribution < 1.29 is 27.8 Å². The highest BCUT2D eigenvalue weighted by Gasteiger charge is 2.16. The van der Waals surface area contributed by atoms with Crippen molar-refractivity contribution in [3.05, 3.63) is 64.3 Å². The van der Waals surface area contributed by atoms with Crippen LogP contribution in [0.15, 0.2) is 47.1 Å². The highest BCUT2D eigenvalue weighted by molar-refractivity contribution is 9.10. The van der Waals surface area contributed by atoms with Crippen LogP contribution in [0.3, 0.4) is 0 Å². The van der Waals surface area contributed by atoms with Gasteiger partial charge in [0.2, 0.25) is 11.8 Å². The van der Waals surface area contributed by atoms with Gasteiger partial charge in [-0.15, -0.1) is 0 Å². The quantitative estimate of drug-likeness (QED) is 0.521. The minimum atomic E-state index is -0.879. The summed E-state index contributed by atoms with van der Waals surface area (Å²) in [4.78, 5) is 20.1. The number of aromatic nitrogens is 2. The molecule has 29 heavy (non-hydrogen) atoms. The number of benzene rings is 2. The molecule has 2 aromatic carbocycles. The van der Waals surface area contributed by atoms with Crippen LogP contribution >= 0.6 is 15.9 Å². The van der Waals surface area contributed by atoms with Gasteiger partial charge in [-0.1, -0.05) is 12.1 Å². The van der Waals surface area contributed by atoms with Crippen molar-refractivity contribution in [2.45, 2.75) is 0 Å². The van der Waals surface area contributed by atoms with Gasteiger partial charge >= 0.3 is 5.97 Å². The van der Waals surface area contributed by atoms with Crippen molar-refractivity contribution in [2.75, 3.05) is 19.5 Å². The Balaban J connectivity index is 1.89. The van der Waals surface area contributed by atoms with Crippen molar-refractivity contribution >= 4 is 33.5 Å². The smallest absolute Gasteiger partial charge is 0.341 e. The van der Waals surface area contributed by atoms with Crippen molar-refractivity contribution in [3.8, 4) is 17.4 Å². The van der Waals surface area contributed by atoms with Gasteiger partial charge in [-0.05, 0) is 28.1 Å². The van der Waals surface area contributed by atoms with Crippen LogP contribution in [0.2, 0.25) is 0 Å². The molecule has 150 valence electrons. The number of methoxy groups -OCH3 is 2. The van der Waals surface area contributed by atoms with Crippen LogP contribution < -0.4 is 14.8 Å². The summed E-state index contributed by atoms with van der Waals surface area (Å²) in [6.07, 6.45) is 1.39. The minimum Gasteiger partial charge on any atom is -0.491 e. The number of esters is 1. The maximum atomic E-state index is 13.9. The zero-order valence-electron chi connectivity index (χ0n) is 15.2. The topological polar surface area (TPSA) is 82.6 Å². The van der Waals surface area contributed by atoms with Gasteiger partial charge in [0, 0.05) is 17.8 Å². The number of hydrogen-bond acceptors (Lipinski definition) is 7. The van der Waals surface area contributed by atoms with Crippen molar-refractivity contribution in [2.24, 2.45) is 0 Å². The summed E-state index contributed by atoms with van der Waals surface area (Å²) in [5, 5.41) is 2.69. The fourth-order valence-corrected chi connectivity index (χ4v) is 2.65. The van der Waals surface area contributed by atoms with Gasteiger partial charge in [0.05, 0.1) is 24.9 Å². The van der Waals surface area contributed by atoms with Crippen molar-refractivity contribution in [3.63, 3.8) is 0 Å². The van der Waals surface area contributed by atoms with Crippen LogP contribution in [0.4, 0.5) is 20.4 Å². The summed E-state index contributed by atoms with van der Waals surface area (Å²) in [7, 11) is 2.43. The number of carbonyl (C=O) groups is 1. The Labute approximate surface area is 172 Å². The normalized spacial score (nSPS) is 10.4. The van der Waals surface area contributed by atoms with E-state index in [1.165, 1.54) is 20.4 Å². The lowest BCUT2D eigenvalue weighted by Crippen LogP contribution is -2.05. The van der Waals surface area contributed by atoms with E-state index >= 15 is 0 Å². The molecule has 0 saturated heterocycles. The van der Waals surface area contributed by atoms with Crippen LogP contribution in [0.25, 0.3) is 0 Å². The number of nitrogens with one attached hydrogen (secondary N) is 1. The summed E-state index contributed by atoms with van der Waals surface area (Å²) in [6.45, 7) is 0. The molecule has 0 radical (unpaired) electrons. The highest BCUT2D eigenvalue weighted by atomic mass is 79.9. The molecule has 1 N–H and O–H groups in total. The number of nitrogens with zero attached hydrogens (tertiary/aromatic N) is 2. The Morgan fingerprint density at radius 1 is 1.14 bits per heavy atom. The van der Waals surface area contributed by atoms with Gasteiger partial charge in [0.1, 0.15) is 11.3 Å². The highest BCUT2D eigenvalue weighted by Crippen LogP contribution is 2.32. The van der Waals surface area contributed by atoms with Gasteiger partial charge in [-0.25, -0.2) is 18.6 Å². The van der Waals surface area contributed by atoms with E-state index in [9.17, 15) is 13.6 Å². The SMILES string of the molecule is COC(=O)c1ccccc1Oc1nc(Nc2cc(F)c(OC)c(F)c2)ncc1Br. The average molecular weight is 466 g/mol. The molecule has 0 amide bonds. The number of halogens is 3. The lowest BCUT2D eigenvalue weighted by atomic mass is 10.2. The van der Waals surface area contributed by atoms with Gasteiger partial charge in [-0.3, -0.25) is 0 Å². The first-order valence-corrected chi connectivity index (χ1v) is 8.90. The average Bonchev–Trinajstić information content (AvgIpc) is 2.70. The molecule has 0 unspecified atom stereocenters. The molecule has 0 aliphatic carbocycles. The van der Waals surface area contributed by atoms with Gasteiger partial charge in [0.25, 0.3) is 0 Å². The Kier molecular flexibility index (Phi) is 6.23. The molecule has 0 aliphatic rings. The fourth-order valence-electron chi connectivity index (χ4n) is 2.38. The van der Waals surface area contributed by atoms with E-state index in [1.807, 2.05) is 0 Å². The Morgan fingerprint density at radius 3 is 2.48 bits per heavy atom. The summed E-state index contributed by atoms with van der Waals surface area (Å²) < 4.78 is 43.3. The fraction of sp³-hybridized carbons (Fsp3) is 0.105. The number of hydrogen-bond donors (Lipinski definition) is 1. The van der Waals surface area contributed by atoms with Gasteiger partial charge in [0.15, 0.2) is 17.4 Å². The summed E-state index contributed by atoms with van der Waals surface area (Å²) in [6, 6.07) is 8.54. The second-order valence-corrected chi connectivity index (χ2v) is 6.39. The lowest BCUT2D eigenvalue weighted by Gasteiger charge is -2.12. The van der Waals surface area contributed by atoms with E-state index in [0.29, 0.717) is 4.47 Å². The molecule has 0 fully saturated rings. The lowest BCUT2D eigenvalue weighted by molar-refractivity contribution is 0.0598. The molecule has 0 bridgehead atoms. The second-order valence-electron chi connectivity index (χ2n) is 5.53. The van der Waals surface area contributed by atoms with Gasteiger partial charge < -0.3 is 19.5 Å². The van der Waals surface area contributed by atoms with Crippen LogP contribution in [0.1, 0.15) is 10.4 Å². The Bertz CT molecular complexity index is 1040. The van der Waals surface area contributed by atoms with Crippen molar-refractivity contribution in [1.82, 2.24) is 9.97 Å². The Morgan fingerprint density at radius 2 is 1.83 bits per heavy atom. The molecular weight excluding hydrogens is 452 g/mol. The second kappa shape index (κ2) is 8.82. The Hall–Kier alpha value is -3.27. The minimum absolute atomic E-state index is 0.0164. The molecule has 3 rings (SSSR count). The maximum absolute atomic E-state index is 13.9. The molecular formula is C19H14BrF2N3O4. The third kappa shape index (κ3) is 4.60. The third-order valence-corrected chi connectivity index (χ3v) is 4.21. The van der Waals surface area contributed by atoms with E-state index < -0.39 is 23.4 Å². The van der Waals surface area contributed by atoms with Crippen LogP contribution in [0, 0.1) is 11.6 Å². The molecule has 7 nitrogen and oxygen atoms in total. The summed E-state index contributed by atoms with van der Waals surface area (Å²) in [5.74, 6) is -2.52. The van der Waals surface area contributed by atoms with Crippen LogP contribution in [-0.4, -0.2) is 30.2 Å². The molecule has 0 saturated carbocycles. The van der Waals surface area contributed by atoms with E-state index in [2.05, 4.69) is 36.0 Å². The molecule has 0 spiro atoms. The van der Waals surface area contributed by atoms with E-state index in [4.69, 9.17) is 9.47 Å². The number of ether oxygens (including phenoxy) is 3. The number of rotatable bonds is 6. The van der Waals surface area contributed by atoms with E-state index in [-0.39, 0.29) is 28.8 Å². The van der Waals surface area contributed by atoms with Crippen molar-refractivity contribution in [1.29, 1.82) is 0 Å². The number of para-hydroxylation sites is 1. The molecule has 10 heteroatoms. The first-order chi connectivity index (χ1) is 13.9. The molecule has 0 aliphatic heterocycles. The van der Waals surface area contributed by atoms with E-state index in [0.717, 1.165) is 12.1 Å². The first-order valence-electron chi connectivity index (χ1n) is 8.10. The zero-order chi connectivity index (χ0) is 21.0. The van der Waals surface area contributed by atoms with Crippen LogP contribution in [-0.2, 0) is 4.74 Å². The third-order valence-electron chi connectivity index (χ3n) is 3.67. The standard InChI is InChI=1S/C19H14BrF2N3O4/c1-27-16-13(21)7-10(8-14(16)22)24-19-23-9-12(20)17(25-19)29-15-6-4-3-5-11(15)18(26)28-2/h3-9H,1-2H3,(H,23,24,25). The van der Waals surface area contributed by atoms with Gasteiger partial charge in [-0.2, -0.15) is 4.98 Å². The largest absolute Gasteiger partial charge is 0.491 e. The summed E-state index contributed by atoms with van der Waals surface area (Å²) in [5.41, 5.74) is 0.276. The first kappa shape index (κ1) is 20.5.